The van der Waals surface area contributed by atoms with Crippen molar-refractivity contribution in [2.24, 2.45) is 5.92 Å². The number of aromatic amines is 1. The summed E-state index contributed by atoms with van der Waals surface area (Å²) >= 11 is 0. The number of carbonyl (C=O) groups is 1. The molecule has 1 heterocycles. The van der Waals surface area contributed by atoms with Crippen molar-refractivity contribution in [3.8, 4) is 0 Å². The first kappa shape index (κ1) is 13.5. The summed E-state index contributed by atoms with van der Waals surface area (Å²) in [6.45, 7) is 4.26. The Labute approximate surface area is 114 Å². The lowest BCUT2D eigenvalue weighted by Crippen LogP contribution is -2.18. The number of aromatic nitrogens is 2. The minimum absolute atomic E-state index is 0.0245. The minimum Gasteiger partial charge on any atom is -0.342 e. The van der Waals surface area contributed by atoms with Crippen molar-refractivity contribution in [3.63, 3.8) is 0 Å². The normalized spacial score (nSPS) is 14.0. The Hall–Kier alpha value is -1.90. The highest BCUT2D eigenvalue weighted by Gasteiger charge is 2.25. The van der Waals surface area contributed by atoms with E-state index in [0.717, 1.165) is 12.0 Å². The van der Waals surface area contributed by atoms with Gasteiger partial charge in [-0.1, -0.05) is 50.6 Å². The van der Waals surface area contributed by atoms with Crippen LogP contribution in [0.15, 0.2) is 42.7 Å². The van der Waals surface area contributed by atoms with Gasteiger partial charge in [-0.05, 0) is 17.9 Å². The highest BCUT2D eigenvalue weighted by molar-refractivity contribution is 5.98. The number of imidazole rings is 1. The molecule has 1 N–H and O–H groups in total. The molecule has 2 unspecified atom stereocenters. The number of rotatable bonds is 6. The smallest absolute Gasteiger partial charge is 0.205 e. The van der Waals surface area contributed by atoms with E-state index in [0.29, 0.717) is 11.7 Å². The molecule has 2 atom stereocenters. The van der Waals surface area contributed by atoms with Gasteiger partial charge in [0.1, 0.15) is 0 Å². The molecule has 3 heteroatoms. The maximum Gasteiger partial charge on any atom is 0.205 e. The maximum atomic E-state index is 12.5. The van der Waals surface area contributed by atoms with Gasteiger partial charge in [0.15, 0.2) is 5.82 Å². The molecule has 1 aromatic carbocycles. The van der Waals surface area contributed by atoms with Crippen LogP contribution in [0, 0.1) is 12.3 Å². The van der Waals surface area contributed by atoms with E-state index >= 15 is 0 Å². The van der Waals surface area contributed by atoms with Gasteiger partial charge < -0.3 is 4.98 Å². The minimum atomic E-state index is -0.234. The van der Waals surface area contributed by atoms with E-state index < -0.39 is 0 Å². The second-order valence-corrected chi connectivity index (χ2v) is 4.77. The quantitative estimate of drug-likeness (QED) is 0.801. The molecule has 0 aliphatic carbocycles. The van der Waals surface area contributed by atoms with E-state index in [9.17, 15) is 4.79 Å². The van der Waals surface area contributed by atoms with Crippen molar-refractivity contribution in [1.82, 2.24) is 9.97 Å². The van der Waals surface area contributed by atoms with Crippen LogP contribution >= 0.6 is 0 Å². The Morgan fingerprint density at radius 3 is 2.68 bits per heavy atom. The summed E-state index contributed by atoms with van der Waals surface area (Å²) < 4.78 is 0. The summed E-state index contributed by atoms with van der Waals surface area (Å²) in [5.41, 5.74) is 1.02. The lowest BCUT2D eigenvalue weighted by atomic mass is 9.85. The summed E-state index contributed by atoms with van der Waals surface area (Å²) in [6.07, 6.45) is 6.42. The van der Waals surface area contributed by atoms with Crippen LogP contribution in [0.25, 0.3) is 0 Å². The summed E-state index contributed by atoms with van der Waals surface area (Å²) in [7, 11) is 0. The molecule has 0 saturated heterocycles. The highest BCUT2D eigenvalue weighted by Crippen LogP contribution is 2.27. The van der Waals surface area contributed by atoms with E-state index in [1.54, 1.807) is 12.4 Å². The second-order valence-electron chi connectivity index (χ2n) is 4.77. The molecule has 0 bridgehead atoms. The van der Waals surface area contributed by atoms with E-state index in [4.69, 9.17) is 0 Å². The number of nitrogens with one attached hydrogen (secondary N) is 1. The molecular formula is C16H19N2O. The Morgan fingerprint density at radius 2 is 2.11 bits per heavy atom. The molecule has 0 spiro atoms. The van der Waals surface area contributed by atoms with Gasteiger partial charge in [-0.3, -0.25) is 4.79 Å². The fourth-order valence-corrected chi connectivity index (χ4v) is 2.02. The molecular weight excluding hydrogens is 236 g/mol. The molecule has 2 rings (SSSR count). The van der Waals surface area contributed by atoms with Gasteiger partial charge in [-0.15, -0.1) is 0 Å². The summed E-state index contributed by atoms with van der Waals surface area (Å²) in [5.74, 6) is 0.608. The average molecular weight is 255 g/mol. The van der Waals surface area contributed by atoms with Gasteiger partial charge in [0, 0.05) is 12.4 Å². The van der Waals surface area contributed by atoms with Crippen LogP contribution in [-0.2, 0) is 0 Å². The molecule has 0 saturated carbocycles. The highest BCUT2D eigenvalue weighted by atomic mass is 16.1. The van der Waals surface area contributed by atoms with Crippen molar-refractivity contribution in [2.75, 3.05) is 0 Å². The van der Waals surface area contributed by atoms with Crippen molar-refractivity contribution in [1.29, 1.82) is 0 Å². The first-order valence-electron chi connectivity index (χ1n) is 6.66. The summed E-state index contributed by atoms with van der Waals surface area (Å²) in [4.78, 5) is 19.5. The van der Waals surface area contributed by atoms with Gasteiger partial charge in [0.05, 0.1) is 5.92 Å². The van der Waals surface area contributed by atoms with Crippen LogP contribution in [0.3, 0.4) is 0 Å². The lowest BCUT2D eigenvalue weighted by molar-refractivity contribution is 0.0957. The first-order valence-corrected chi connectivity index (χ1v) is 6.66. The number of nitrogens with zero attached hydrogens (tertiary/aromatic N) is 1. The molecule has 0 aliphatic rings. The fraction of sp³-hybridized carbons (Fsp3) is 0.312. The summed E-state index contributed by atoms with van der Waals surface area (Å²) in [5, 5.41) is 0. The molecule has 1 aromatic heterocycles. The van der Waals surface area contributed by atoms with Crippen LogP contribution in [0.1, 0.15) is 42.4 Å². The van der Waals surface area contributed by atoms with Crippen LogP contribution < -0.4 is 0 Å². The summed E-state index contributed by atoms with van der Waals surface area (Å²) in [6, 6.07) is 9.86. The predicted molar refractivity (Wildman–Crippen MR) is 75.9 cm³/mol. The third kappa shape index (κ3) is 3.31. The number of H-pyrrole nitrogens is 1. The molecule has 19 heavy (non-hydrogen) atoms. The Morgan fingerprint density at radius 1 is 1.37 bits per heavy atom. The molecule has 0 fully saturated rings. The molecule has 0 amide bonds. The number of carbonyl (C=O) groups excluding carboxylic acids is 1. The van der Waals surface area contributed by atoms with E-state index in [1.807, 2.05) is 30.3 Å². The third-order valence-corrected chi connectivity index (χ3v) is 3.34. The molecule has 99 valence electrons. The SMILES string of the molecule is CCC(C)[CH]C(C(=O)c1ncc[nH]1)c1ccccc1. The molecule has 2 aromatic rings. The van der Waals surface area contributed by atoms with Crippen LogP contribution in [-0.4, -0.2) is 15.8 Å². The van der Waals surface area contributed by atoms with Crippen molar-refractivity contribution < 1.29 is 4.79 Å². The van der Waals surface area contributed by atoms with Gasteiger partial charge in [0.25, 0.3) is 0 Å². The zero-order valence-corrected chi connectivity index (χ0v) is 11.3. The number of ketones is 1. The second kappa shape index (κ2) is 6.32. The van der Waals surface area contributed by atoms with Gasteiger partial charge in [-0.2, -0.15) is 0 Å². The fourth-order valence-electron chi connectivity index (χ4n) is 2.02. The number of Topliss-reactive ketones (excluding diaryl/α,β-unsaturated/α-hetero) is 1. The van der Waals surface area contributed by atoms with E-state index in [-0.39, 0.29) is 11.7 Å². The van der Waals surface area contributed by atoms with Crippen molar-refractivity contribution in [2.45, 2.75) is 26.2 Å². The maximum absolute atomic E-state index is 12.5. The van der Waals surface area contributed by atoms with Crippen molar-refractivity contribution >= 4 is 5.78 Å². The van der Waals surface area contributed by atoms with E-state index in [1.165, 1.54) is 0 Å². The molecule has 1 radical (unpaired) electrons. The largest absolute Gasteiger partial charge is 0.342 e. The van der Waals surface area contributed by atoms with Crippen LogP contribution in [0.2, 0.25) is 0 Å². The van der Waals surface area contributed by atoms with Crippen LogP contribution in [0.4, 0.5) is 0 Å². The van der Waals surface area contributed by atoms with Gasteiger partial charge in [0.2, 0.25) is 5.78 Å². The van der Waals surface area contributed by atoms with E-state index in [2.05, 4.69) is 30.2 Å². The molecule has 3 nitrogen and oxygen atoms in total. The first-order chi connectivity index (χ1) is 9.22. The lowest BCUT2D eigenvalue weighted by Gasteiger charge is -2.18. The zero-order chi connectivity index (χ0) is 13.7. The van der Waals surface area contributed by atoms with Gasteiger partial charge in [-0.25, -0.2) is 4.98 Å². The average Bonchev–Trinajstić information content (AvgIpc) is 2.99. The Kier molecular flexibility index (Phi) is 4.50. The Bertz CT molecular complexity index is 505. The van der Waals surface area contributed by atoms with Crippen LogP contribution in [0.5, 0.6) is 0 Å². The third-order valence-electron chi connectivity index (χ3n) is 3.34. The number of hydrogen-bond donors (Lipinski definition) is 1. The Balaban J connectivity index is 2.27. The predicted octanol–water partition coefficient (Wildman–Crippen LogP) is 3.63. The topological polar surface area (TPSA) is 45.8 Å². The van der Waals surface area contributed by atoms with Crippen molar-refractivity contribution in [3.05, 3.63) is 60.5 Å². The zero-order valence-electron chi connectivity index (χ0n) is 11.3. The number of hydrogen-bond acceptors (Lipinski definition) is 2. The molecule has 0 aliphatic heterocycles. The number of benzene rings is 1. The monoisotopic (exact) mass is 255 g/mol. The standard InChI is InChI=1S/C16H19N2O/c1-3-12(2)11-14(13-7-5-4-6-8-13)15(19)16-17-9-10-18-16/h4-12,14H,3H2,1-2H3,(H,17,18). The van der Waals surface area contributed by atoms with Gasteiger partial charge >= 0.3 is 0 Å².